The van der Waals surface area contributed by atoms with Crippen molar-refractivity contribution in [3.63, 3.8) is 0 Å². The van der Waals surface area contributed by atoms with E-state index in [4.69, 9.17) is 9.47 Å². The van der Waals surface area contributed by atoms with E-state index >= 15 is 0 Å². The normalized spacial score (nSPS) is 10.5. The largest absolute Gasteiger partial charge is 0.490 e. The van der Waals surface area contributed by atoms with Crippen LogP contribution < -0.4 is 14.8 Å². The van der Waals surface area contributed by atoms with Gasteiger partial charge in [0.15, 0.2) is 11.5 Å². The number of halogens is 1. The van der Waals surface area contributed by atoms with Crippen LogP contribution in [0.4, 0.5) is 10.1 Å². The molecule has 146 valence electrons. The van der Waals surface area contributed by atoms with Crippen LogP contribution in [0.25, 0.3) is 0 Å². The van der Waals surface area contributed by atoms with Crippen molar-refractivity contribution < 1.29 is 18.7 Å². The van der Waals surface area contributed by atoms with Crippen molar-refractivity contribution in [2.75, 3.05) is 18.5 Å². The molecule has 0 fully saturated rings. The number of amides is 1. The molecule has 0 aliphatic carbocycles. The highest BCUT2D eigenvalue weighted by Gasteiger charge is 2.13. The molecule has 0 radical (unpaired) electrons. The van der Waals surface area contributed by atoms with Gasteiger partial charge in [0.1, 0.15) is 5.82 Å². The molecule has 3 aromatic rings. The quantitative estimate of drug-likeness (QED) is 0.635. The number of rotatable bonds is 8. The van der Waals surface area contributed by atoms with Crippen molar-refractivity contribution in [2.45, 2.75) is 20.4 Å². The summed E-state index contributed by atoms with van der Waals surface area (Å²) in [5.41, 5.74) is 1.48. The maximum atomic E-state index is 13.8. The number of carbonyl (C=O) groups excluding carboxylic acids is 1. The minimum absolute atomic E-state index is 0.278. The Morgan fingerprint density at radius 2 is 1.86 bits per heavy atom. The number of hydrogen-bond acceptors (Lipinski definition) is 4. The monoisotopic (exact) mass is 383 g/mol. The highest BCUT2D eigenvalue weighted by atomic mass is 19.1. The Labute approximate surface area is 162 Å². The summed E-state index contributed by atoms with van der Waals surface area (Å²) in [6.07, 6.45) is 3.18. The highest BCUT2D eigenvalue weighted by molar-refractivity contribution is 6.04. The third-order valence-electron chi connectivity index (χ3n) is 3.99. The second kappa shape index (κ2) is 9.03. The molecule has 1 aromatic heterocycles. The van der Waals surface area contributed by atoms with Gasteiger partial charge in [-0.1, -0.05) is 18.2 Å². The van der Waals surface area contributed by atoms with Crippen molar-refractivity contribution in [1.82, 2.24) is 9.78 Å². The van der Waals surface area contributed by atoms with E-state index in [2.05, 4.69) is 10.4 Å². The Balaban J connectivity index is 1.70. The van der Waals surface area contributed by atoms with Gasteiger partial charge >= 0.3 is 0 Å². The van der Waals surface area contributed by atoms with Gasteiger partial charge in [0.25, 0.3) is 5.91 Å². The van der Waals surface area contributed by atoms with Gasteiger partial charge in [-0.3, -0.25) is 9.48 Å². The van der Waals surface area contributed by atoms with Crippen LogP contribution in [-0.2, 0) is 6.54 Å². The number of benzene rings is 2. The smallest absolute Gasteiger partial charge is 0.255 e. The van der Waals surface area contributed by atoms with Crippen LogP contribution in [0.1, 0.15) is 29.8 Å². The summed E-state index contributed by atoms with van der Waals surface area (Å²) in [5, 5.41) is 6.96. The summed E-state index contributed by atoms with van der Waals surface area (Å²) in [4.78, 5) is 12.6. The lowest BCUT2D eigenvalue weighted by molar-refractivity contribution is 0.102. The SMILES string of the molecule is CCOc1ccc(C(=O)Nc2cnn(Cc3ccccc3F)c2)cc1OCC. The third kappa shape index (κ3) is 4.68. The van der Waals surface area contributed by atoms with Crippen molar-refractivity contribution in [2.24, 2.45) is 0 Å². The maximum Gasteiger partial charge on any atom is 0.255 e. The number of nitrogens with zero attached hydrogens (tertiary/aromatic N) is 2. The molecule has 28 heavy (non-hydrogen) atoms. The number of ether oxygens (including phenoxy) is 2. The zero-order chi connectivity index (χ0) is 19.9. The van der Waals surface area contributed by atoms with Gasteiger partial charge in [0.2, 0.25) is 0 Å². The van der Waals surface area contributed by atoms with Crippen LogP contribution in [0.3, 0.4) is 0 Å². The van der Waals surface area contributed by atoms with E-state index in [0.717, 1.165) is 0 Å². The molecule has 0 unspecified atom stereocenters. The molecule has 0 bridgehead atoms. The Morgan fingerprint density at radius 1 is 1.11 bits per heavy atom. The molecule has 0 aliphatic heterocycles. The Morgan fingerprint density at radius 3 is 2.61 bits per heavy atom. The van der Waals surface area contributed by atoms with Crippen molar-refractivity contribution >= 4 is 11.6 Å². The molecule has 0 saturated heterocycles. The molecule has 3 rings (SSSR count). The fourth-order valence-corrected chi connectivity index (χ4v) is 2.71. The lowest BCUT2D eigenvalue weighted by atomic mass is 10.2. The minimum atomic E-state index is -0.297. The molecular formula is C21H22FN3O3. The average Bonchev–Trinajstić information content (AvgIpc) is 3.12. The van der Waals surface area contributed by atoms with Crippen LogP contribution in [0, 0.1) is 5.82 Å². The van der Waals surface area contributed by atoms with Gasteiger partial charge in [-0.05, 0) is 38.1 Å². The van der Waals surface area contributed by atoms with Gasteiger partial charge in [-0.25, -0.2) is 4.39 Å². The predicted octanol–water partition coefficient (Wildman–Crippen LogP) is 4.12. The van der Waals surface area contributed by atoms with E-state index in [9.17, 15) is 9.18 Å². The molecule has 7 heteroatoms. The lowest BCUT2D eigenvalue weighted by Gasteiger charge is -2.12. The summed E-state index contributed by atoms with van der Waals surface area (Å²) >= 11 is 0. The molecule has 0 saturated carbocycles. The molecule has 1 amide bonds. The topological polar surface area (TPSA) is 65.4 Å². The van der Waals surface area contributed by atoms with Crippen molar-refractivity contribution in [1.29, 1.82) is 0 Å². The first kappa shape index (κ1) is 19.4. The molecule has 1 heterocycles. The third-order valence-corrected chi connectivity index (χ3v) is 3.99. The molecule has 6 nitrogen and oxygen atoms in total. The molecule has 2 aromatic carbocycles. The van der Waals surface area contributed by atoms with Gasteiger partial charge in [0.05, 0.1) is 31.6 Å². The average molecular weight is 383 g/mol. The summed E-state index contributed by atoms with van der Waals surface area (Å²) in [6.45, 7) is 5.00. The van der Waals surface area contributed by atoms with E-state index in [-0.39, 0.29) is 18.3 Å². The lowest BCUT2D eigenvalue weighted by Crippen LogP contribution is -2.12. The van der Waals surface area contributed by atoms with Gasteiger partial charge < -0.3 is 14.8 Å². The van der Waals surface area contributed by atoms with Crippen LogP contribution in [0.15, 0.2) is 54.9 Å². The summed E-state index contributed by atoms with van der Waals surface area (Å²) in [7, 11) is 0. The van der Waals surface area contributed by atoms with E-state index in [0.29, 0.717) is 41.5 Å². The first-order valence-corrected chi connectivity index (χ1v) is 9.07. The zero-order valence-electron chi connectivity index (χ0n) is 15.8. The van der Waals surface area contributed by atoms with Crippen LogP contribution in [0.2, 0.25) is 0 Å². The Hall–Kier alpha value is -3.35. The maximum absolute atomic E-state index is 13.8. The minimum Gasteiger partial charge on any atom is -0.490 e. The number of anilines is 1. The van der Waals surface area contributed by atoms with Gasteiger partial charge in [-0.2, -0.15) is 5.10 Å². The first-order chi connectivity index (χ1) is 13.6. The van der Waals surface area contributed by atoms with Gasteiger partial charge in [-0.15, -0.1) is 0 Å². The fourth-order valence-electron chi connectivity index (χ4n) is 2.71. The summed E-state index contributed by atoms with van der Waals surface area (Å²) in [5.74, 6) is 0.529. The van der Waals surface area contributed by atoms with Crippen LogP contribution in [-0.4, -0.2) is 28.9 Å². The molecular weight excluding hydrogens is 361 g/mol. The van der Waals surface area contributed by atoms with E-state index in [1.54, 1.807) is 47.3 Å². The van der Waals surface area contributed by atoms with E-state index in [1.807, 2.05) is 13.8 Å². The number of nitrogens with one attached hydrogen (secondary N) is 1. The summed E-state index contributed by atoms with van der Waals surface area (Å²) < 4.78 is 26.4. The van der Waals surface area contributed by atoms with Crippen molar-refractivity contribution in [3.05, 3.63) is 71.8 Å². The molecule has 0 spiro atoms. The summed E-state index contributed by atoms with van der Waals surface area (Å²) in [6, 6.07) is 11.5. The Kier molecular flexibility index (Phi) is 6.26. The molecule has 0 atom stereocenters. The zero-order valence-corrected chi connectivity index (χ0v) is 15.8. The second-order valence-electron chi connectivity index (χ2n) is 6.00. The Bertz CT molecular complexity index is 956. The van der Waals surface area contributed by atoms with Gasteiger partial charge in [0, 0.05) is 17.3 Å². The molecule has 1 N–H and O–H groups in total. The second-order valence-corrected chi connectivity index (χ2v) is 6.00. The van der Waals surface area contributed by atoms with Crippen molar-refractivity contribution in [3.8, 4) is 11.5 Å². The van der Waals surface area contributed by atoms with E-state index < -0.39 is 0 Å². The number of aromatic nitrogens is 2. The predicted molar refractivity (Wildman–Crippen MR) is 104 cm³/mol. The van der Waals surface area contributed by atoms with Crippen LogP contribution >= 0.6 is 0 Å². The highest BCUT2D eigenvalue weighted by Crippen LogP contribution is 2.28. The first-order valence-electron chi connectivity index (χ1n) is 9.07. The number of carbonyl (C=O) groups is 1. The number of hydrogen-bond donors (Lipinski definition) is 1. The van der Waals surface area contributed by atoms with E-state index in [1.165, 1.54) is 12.3 Å². The molecule has 0 aliphatic rings. The fraction of sp³-hybridized carbons (Fsp3) is 0.238. The standard InChI is InChI=1S/C21H22FN3O3/c1-3-27-19-10-9-15(11-20(19)28-4-2)21(26)24-17-12-23-25(14-17)13-16-7-5-6-8-18(16)22/h5-12,14H,3-4,13H2,1-2H3,(H,24,26). The van der Waals surface area contributed by atoms with Crippen LogP contribution in [0.5, 0.6) is 11.5 Å².